The van der Waals surface area contributed by atoms with Crippen LogP contribution in [-0.4, -0.2) is 15.9 Å². The van der Waals surface area contributed by atoms with E-state index in [1.807, 2.05) is 19.9 Å². The van der Waals surface area contributed by atoms with Gasteiger partial charge in [0, 0.05) is 11.9 Å². The quantitative estimate of drug-likeness (QED) is 0.728. The minimum Gasteiger partial charge on any atom is -0.438 e. The maximum atomic E-state index is 12.3. The van der Waals surface area contributed by atoms with Gasteiger partial charge in [0.1, 0.15) is 22.3 Å². The van der Waals surface area contributed by atoms with Gasteiger partial charge < -0.3 is 10.1 Å². The van der Waals surface area contributed by atoms with Gasteiger partial charge in [-0.3, -0.25) is 4.79 Å². The van der Waals surface area contributed by atoms with E-state index < -0.39 is 0 Å². The normalized spacial score (nSPS) is 10.2. The van der Waals surface area contributed by atoms with Crippen molar-refractivity contribution in [1.29, 1.82) is 5.26 Å². The first-order chi connectivity index (χ1) is 12.6. The number of rotatable bonds is 5. The molecular formula is C19H16N4O2S. The van der Waals surface area contributed by atoms with E-state index in [0.717, 1.165) is 17.0 Å². The molecule has 3 aromatic rings. The number of hydrogen-bond acceptors (Lipinski definition) is 6. The number of aromatic nitrogens is 2. The highest BCUT2D eigenvalue weighted by Crippen LogP contribution is 2.27. The Morgan fingerprint density at radius 1 is 1.35 bits per heavy atom. The Morgan fingerprint density at radius 2 is 2.19 bits per heavy atom. The van der Waals surface area contributed by atoms with Gasteiger partial charge in [-0.05, 0) is 49.2 Å². The number of thiazole rings is 1. The molecule has 0 radical (unpaired) electrons. The second kappa shape index (κ2) is 7.76. The maximum Gasteiger partial charge on any atom is 0.267 e. The number of nitriles is 1. The molecule has 26 heavy (non-hydrogen) atoms. The molecule has 1 amide bonds. The van der Waals surface area contributed by atoms with Gasteiger partial charge >= 0.3 is 0 Å². The molecule has 3 rings (SSSR count). The van der Waals surface area contributed by atoms with Crippen molar-refractivity contribution in [2.24, 2.45) is 0 Å². The number of nitrogens with one attached hydrogen (secondary N) is 1. The van der Waals surface area contributed by atoms with Crippen LogP contribution in [0.5, 0.6) is 11.6 Å². The fraction of sp³-hybridized carbons (Fsp3) is 0.158. The first-order valence-electron chi connectivity index (χ1n) is 8.00. The van der Waals surface area contributed by atoms with Crippen molar-refractivity contribution in [3.05, 3.63) is 63.7 Å². The summed E-state index contributed by atoms with van der Waals surface area (Å²) in [7, 11) is 0. The molecule has 0 unspecified atom stereocenters. The Balaban J connectivity index is 1.75. The summed E-state index contributed by atoms with van der Waals surface area (Å²) >= 11 is 1.39. The van der Waals surface area contributed by atoms with E-state index in [9.17, 15) is 4.79 Å². The van der Waals surface area contributed by atoms with Crippen LogP contribution in [0.4, 0.5) is 5.69 Å². The van der Waals surface area contributed by atoms with E-state index in [1.54, 1.807) is 42.7 Å². The van der Waals surface area contributed by atoms with Crippen LogP contribution in [0.3, 0.4) is 0 Å². The lowest BCUT2D eigenvalue weighted by Crippen LogP contribution is -2.11. The zero-order valence-electron chi connectivity index (χ0n) is 14.3. The first kappa shape index (κ1) is 17.6. The summed E-state index contributed by atoms with van der Waals surface area (Å²) in [5.74, 6) is 0.611. The molecule has 0 saturated heterocycles. The molecule has 0 aliphatic carbocycles. The minimum atomic E-state index is -0.185. The standard InChI is InChI=1S/C19H16N4O2S/c1-3-17-22-11-16(26-17)18(24)23-15-7-6-14(9-12(15)2)25-19-13(10-20)5-4-8-21-19/h4-9,11H,3H2,1-2H3,(H,23,24). The smallest absolute Gasteiger partial charge is 0.267 e. The highest BCUT2D eigenvalue weighted by molar-refractivity contribution is 7.13. The highest BCUT2D eigenvalue weighted by atomic mass is 32.1. The Kier molecular flexibility index (Phi) is 5.25. The molecule has 0 atom stereocenters. The number of anilines is 1. The second-order valence-electron chi connectivity index (χ2n) is 5.47. The summed E-state index contributed by atoms with van der Waals surface area (Å²) in [5, 5.41) is 12.9. The molecule has 2 aromatic heterocycles. The number of nitrogens with zero attached hydrogens (tertiary/aromatic N) is 3. The summed E-state index contributed by atoms with van der Waals surface area (Å²) < 4.78 is 5.69. The van der Waals surface area contributed by atoms with Crippen molar-refractivity contribution >= 4 is 22.9 Å². The van der Waals surface area contributed by atoms with Crippen molar-refractivity contribution in [3.8, 4) is 17.7 Å². The predicted molar refractivity (Wildman–Crippen MR) is 99.7 cm³/mol. The van der Waals surface area contributed by atoms with E-state index in [2.05, 4.69) is 15.3 Å². The summed E-state index contributed by atoms with van der Waals surface area (Å²) in [6, 6.07) is 10.6. The molecular weight excluding hydrogens is 348 g/mol. The monoisotopic (exact) mass is 364 g/mol. The molecule has 6 nitrogen and oxygen atoms in total. The number of pyridine rings is 1. The Morgan fingerprint density at radius 3 is 2.88 bits per heavy atom. The number of carbonyl (C=O) groups is 1. The Labute approximate surface area is 155 Å². The summed E-state index contributed by atoms with van der Waals surface area (Å²) in [6.07, 6.45) is 3.97. The molecule has 0 bridgehead atoms. The van der Waals surface area contributed by atoms with Crippen LogP contribution in [-0.2, 0) is 6.42 Å². The van der Waals surface area contributed by atoms with Crippen molar-refractivity contribution in [2.45, 2.75) is 20.3 Å². The zero-order valence-corrected chi connectivity index (χ0v) is 15.1. The molecule has 7 heteroatoms. The number of carbonyl (C=O) groups excluding carboxylic acids is 1. The molecule has 1 N–H and O–H groups in total. The molecule has 0 spiro atoms. The van der Waals surface area contributed by atoms with E-state index in [1.165, 1.54) is 11.3 Å². The van der Waals surface area contributed by atoms with Crippen LogP contribution in [0.1, 0.15) is 32.7 Å². The van der Waals surface area contributed by atoms with Crippen LogP contribution in [0.25, 0.3) is 0 Å². The Bertz CT molecular complexity index is 991. The van der Waals surface area contributed by atoms with Gasteiger partial charge in [0.05, 0.1) is 11.2 Å². The lowest BCUT2D eigenvalue weighted by molar-refractivity contribution is 0.103. The second-order valence-corrected chi connectivity index (χ2v) is 6.59. The maximum absolute atomic E-state index is 12.3. The third kappa shape index (κ3) is 3.87. The fourth-order valence-corrected chi connectivity index (χ4v) is 3.02. The van der Waals surface area contributed by atoms with Crippen LogP contribution in [0.15, 0.2) is 42.7 Å². The van der Waals surface area contributed by atoms with Crippen LogP contribution in [0.2, 0.25) is 0 Å². The van der Waals surface area contributed by atoms with Gasteiger partial charge in [-0.2, -0.15) is 5.26 Å². The summed E-state index contributed by atoms with van der Waals surface area (Å²) in [4.78, 5) is 21.2. The molecule has 1 aromatic carbocycles. The van der Waals surface area contributed by atoms with Gasteiger partial charge in [0.2, 0.25) is 5.88 Å². The van der Waals surface area contributed by atoms with Crippen LogP contribution >= 0.6 is 11.3 Å². The van der Waals surface area contributed by atoms with Crippen molar-refractivity contribution in [2.75, 3.05) is 5.32 Å². The number of aryl methyl sites for hydroxylation is 2. The lowest BCUT2D eigenvalue weighted by Gasteiger charge is -2.10. The number of ether oxygens (including phenoxy) is 1. The minimum absolute atomic E-state index is 0.185. The number of amides is 1. The van der Waals surface area contributed by atoms with Crippen molar-refractivity contribution < 1.29 is 9.53 Å². The topological polar surface area (TPSA) is 87.9 Å². The molecule has 2 heterocycles. The number of benzene rings is 1. The van der Waals surface area contributed by atoms with Gasteiger partial charge in [-0.1, -0.05) is 6.92 Å². The fourth-order valence-electron chi connectivity index (χ4n) is 2.27. The van der Waals surface area contributed by atoms with E-state index in [0.29, 0.717) is 21.9 Å². The van der Waals surface area contributed by atoms with E-state index >= 15 is 0 Å². The molecule has 0 fully saturated rings. The van der Waals surface area contributed by atoms with Gasteiger partial charge in [0.25, 0.3) is 5.91 Å². The first-order valence-corrected chi connectivity index (χ1v) is 8.82. The average Bonchev–Trinajstić information content (AvgIpc) is 3.14. The van der Waals surface area contributed by atoms with E-state index in [-0.39, 0.29) is 11.8 Å². The Hall–Kier alpha value is -3.24. The van der Waals surface area contributed by atoms with Crippen molar-refractivity contribution in [1.82, 2.24) is 9.97 Å². The molecule has 0 saturated carbocycles. The number of hydrogen-bond donors (Lipinski definition) is 1. The van der Waals surface area contributed by atoms with Crippen LogP contribution in [0, 0.1) is 18.3 Å². The van der Waals surface area contributed by atoms with E-state index in [4.69, 9.17) is 10.00 Å². The van der Waals surface area contributed by atoms with Crippen LogP contribution < -0.4 is 10.1 Å². The van der Waals surface area contributed by atoms with Gasteiger partial charge in [-0.25, -0.2) is 9.97 Å². The third-order valence-electron chi connectivity index (χ3n) is 3.63. The average molecular weight is 364 g/mol. The van der Waals surface area contributed by atoms with Crippen molar-refractivity contribution in [3.63, 3.8) is 0 Å². The highest BCUT2D eigenvalue weighted by Gasteiger charge is 2.12. The summed E-state index contributed by atoms with van der Waals surface area (Å²) in [6.45, 7) is 3.87. The largest absolute Gasteiger partial charge is 0.438 e. The molecule has 0 aliphatic heterocycles. The predicted octanol–water partition coefficient (Wildman–Crippen LogP) is 4.33. The molecule has 0 aliphatic rings. The SMILES string of the molecule is CCc1ncc(C(=O)Nc2ccc(Oc3ncccc3C#N)cc2C)s1. The van der Waals surface area contributed by atoms with Gasteiger partial charge in [-0.15, -0.1) is 11.3 Å². The van der Waals surface area contributed by atoms with Gasteiger partial charge in [0.15, 0.2) is 0 Å². The zero-order chi connectivity index (χ0) is 18.5. The lowest BCUT2D eigenvalue weighted by atomic mass is 10.2. The summed E-state index contributed by atoms with van der Waals surface area (Å²) in [5.41, 5.74) is 1.89. The molecule has 130 valence electrons. The third-order valence-corrected chi connectivity index (χ3v) is 4.77.